The zero-order valence-corrected chi connectivity index (χ0v) is 13.3. The van der Waals surface area contributed by atoms with Crippen LogP contribution in [0.3, 0.4) is 0 Å². The molecule has 0 saturated carbocycles. The van der Waals surface area contributed by atoms with Gasteiger partial charge in [-0.1, -0.05) is 11.6 Å². The van der Waals surface area contributed by atoms with Crippen LogP contribution in [0.5, 0.6) is 0 Å². The van der Waals surface area contributed by atoms with Crippen LogP contribution in [0, 0.1) is 0 Å². The molecule has 0 aliphatic carbocycles. The molecular formula is C15H12ClN3O3S. The second-order valence-electron chi connectivity index (χ2n) is 4.91. The number of pyridine rings is 1. The predicted octanol–water partition coefficient (Wildman–Crippen LogP) is 2.47. The molecule has 8 heteroatoms. The number of H-pyrrole nitrogens is 1. The number of hydrogen-bond acceptors (Lipinski definition) is 4. The van der Waals surface area contributed by atoms with Gasteiger partial charge in [0.25, 0.3) is 0 Å². The number of benzene rings is 1. The first-order chi connectivity index (χ1) is 11.0. The first-order valence-electron chi connectivity index (χ1n) is 6.77. The molecule has 0 spiro atoms. The average Bonchev–Trinajstić information content (AvgIpc) is 2.50. The fraction of sp³-hybridized carbons (Fsp3) is 0.133. The lowest BCUT2D eigenvalue weighted by atomic mass is 10.2. The van der Waals surface area contributed by atoms with E-state index in [1.807, 2.05) is 0 Å². The van der Waals surface area contributed by atoms with Crippen LogP contribution < -0.4 is 16.1 Å². The summed E-state index contributed by atoms with van der Waals surface area (Å²) in [6.45, 7) is 0. The van der Waals surface area contributed by atoms with Crippen LogP contribution >= 0.6 is 23.4 Å². The van der Waals surface area contributed by atoms with E-state index < -0.39 is 11.2 Å². The Balaban J connectivity index is 1.70. The Morgan fingerprint density at radius 2 is 2.13 bits per heavy atom. The van der Waals surface area contributed by atoms with Crippen molar-refractivity contribution >= 4 is 46.6 Å². The van der Waals surface area contributed by atoms with Crippen LogP contribution in [0.25, 0.3) is 0 Å². The first kappa shape index (κ1) is 15.6. The summed E-state index contributed by atoms with van der Waals surface area (Å²) in [5.74, 6) is -0.659. The highest BCUT2D eigenvalue weighted by Crippen LogP contribution is 2.38. The summed E-state index contributed by atoms with van der Waals surface area (Å²) < 4.78 is 0. The van der Waals surface area contributed by atoms with E-state index in [0.717, 1.165) is 4.90 Å². The summed E-state index contributed by atoms with van der Waals surface area (Å²) >= 11 is 7.19. The highest BCUT2D eigenvalue weighted by molar-refractivity contribution is 8.01. The molecule has 1 aliphatic rings. The van der Waals surface area contributed by atoms with Crippen molar-refractivity contribution in [2.75, 3.05) is 10.6 Å². The Labute approximate surface area is 140 Å². The Morgan fingerprint density at radius 3 is 2.91 bits per heavy atom. The first-order valence-corrected chi connectivity index (χ1v) is 8.03. The van der Waals surface area contributed by atoms with Gasteiger partial charge in [0.15, 0.2) is 0 Å². The molecule has 3 N–H and O–H groups in total. The van der Waals surface area contributed by atoms with Gasteiger partial charge in [0.05, 0.1) is 10.9 Å². The predicted molar refractivity (Wildman–Crippen MR) is 90.0 cm³/mol. The van der Waals surface area contributed by atoms with Gasteiger partial charge in [0.1, 0.15) is 5.69 Å². The summed E-state index contributed by atoms with van der Waals surface area (Å²) in [7, 11) is 0. The maximum Gasteiger partial charge on any atom is 0.238 e. The minimum atomic E-state index is -0.563. The second kappa shape index (κ2) is 6.47. The van der Waals surface area contributed by atoms with E-state index in [0.29, 0.717) is 10.7 Å². The number of halogens is 1. The minimum absolute atomic E-state index is 0.0348. The average molecular weight is 350 g/mol. The monoisotopic (exact) mass is 349 g/mol. The van der Waals surface area contributed by atoms with E-state index in [1.54, 1.807) is 18.2 Å². The van der Waals surface area contributed by atoms with Gasteiger partial charge in [0, 0.05) is 34.8 Å². The molecule has 118 valence electrons. The summed E-state index contributed by atoms with van der Waals surface area (Å²) in [6, 6.07) is 6.51. The van der Waals surface area contributed by atoms with Crippen molar-refractivity contribution in [2.24, 2.45) is 0 Å². The number of hydrogen-bond donors (Lipinski definition) is 3. The zero-order chi connectivity index (χ0) is 16.4. The van der Waals surface area contributed by atoms with E-state index in [9.17, 15) is 14.4 Å². The SMILES string of the molecule is O=C(CC1Sc2ccc(Cl)cc2NC1=O)Nc1c[nH]ccc1=O. The molecule has 0 fully saturated rings. The molecule has 23 heavy (non-hydrogen) atoms. The molecule has 2 amide bonds. The Bertz CT molecular complexity index is 837. The number of aromatic amines is 1. The number of aromatic nitrogens is 1. The van der Waals surface area contributed by atoms with Gasteiger partial charge in [-0.2, -0.15) is 0 Å². The second-order valence-corrected chi connectivity index (χ2v) is 6.59. The van der Waals surface area contributed by atoms with E-state index >= 15 is 0 Å². The molecule has 2 aromatic rings. The van der Waals surface area contributed by atoms with Crippen molar-refractivity contribution in [3.63, 3.8) is 0 Å². The van der Waals surface area contributed by atoms with E-state index in [4.69, 9.17) is 11.6 Å². The number of amides is 2. The quantitative estimate of drug-likeness (QED) is 0.793. The Morgan fingerprint density at radius 1 is 1.30 bits per heavy atom. The fourth-order valence-electron chi connectivity index (χ4n) is 2.14. The zero-order valence-electron chi connectivity index (χ0n) is 11.8. The third kappa shape index (κ3) is 3.57. The number of fused-ring (bicyclic) bond motifs is 1. The Hall–Kier alpha value is -2.25. The van der Waals surface area contributed by atoms with Crippen molar-refractivity contribution in [1.82, 2.24) is 4.98 Å². The van der Waals surface area contributed by atoms with Crippen molar-refractivity contribution in [2.45, 2.75) is 16.6 Å². The highest BCUT2D eigenvalue weighted by atomic mass is 35.5. The normalized spacial score (nSPS) is 16.4. The molecule has 0 saturated heterocycles. The van der Waals surface area contributed by atoms with Gasteiger partial charge in [-0.15, -0.1) is 11.8 Å². The highest BCUT2D eigenvalue weighted by Gasteiger charge is 2.29. The van der Waals surface area contributed by atoms with Gasteiger partial charge in [-0.3, -0.25) is 14.4 Å². The van der Waals surface area contributed by atoms with Gasteiger partial charge in [0.2, 0.25) is 17.2 Å². The topological polar surface area (TPSA) is 91.1 Å². The van der Waals surface area contributed by atoms with Gasteiger partial charge in [-0.25, -0.2) is 0 Å². The molecule has 1 atom stereocenters. The maximum atomic E-state index is 12.1. The summed E-state index contributed by atoms with van der Waals surface area (Å²) in [6.07, 6.45) is 2.85. The molecule has 1 aliphatic heterocycles. The van der Waals surface area contributed by atoms with Crippen LogP contribution in [-0.4, -0.2) is 22.0 Å². The number of thioether (sulfide) groups is 1. The van der Waals surface area contributed by atoms with Crippen molar-refractivity contribution < 1.29 is 9.59 Å². The van der Waals surface area contributed by atoms with Gasteiger partial charge >= 0.3 is 0 Å². The van der Waals surface area contributed by atoms with Crippen molar-refractivity contribution in [3.05, 3.63) is 51.9 Å². The van der Waals surface area contributed by atoms with Crippen molar-refractivity contribution in [1.29, 1.82) is 0 Å². The summed E-state index contributed by atoms with van der Waals surface area (Å²) in [4.78, 5) is 39.3. The Kier molecular flexibility index (Phi) is 4.40. The molecule has 6 nitrogen and oxygen atoms in total. The smallest absolute Gasteiger partial charge is 0.238 e. The van der Waals surface area contributed by atoms with E-state index in [1.165, 1.54) is 30.2 Å². The van der Waals surface area contributed by atoms with Gasteiger partial charge in [-0.05, 0) is 18.2 Å². The summed E-state index contributed by atoms with van der Waals surface area (Å²) in [5.41, 5.74) is 0.507. The molecule has 2 heterocycles. The fourth-order valence-corrected chi connectivity index (χ4v) is 3.40. The van der Waals surface area contributed by atoms with E-state index in [-0.39, 0.29) is 23.4 Å². The maximum absolute atomic E-state index is 12.1. The molecule has 0 bridgehead atoms. The third-order valence-electron chi connectivity index (χ3n) is 3.23. The lowest BCUT2D eigenvalue weighted by Gasteiger charge is -2.23. The van der Waals surface area contributed by atoms with Crippen LogP contribution in [-0.2, 0) is 9.59 Å². The molecule has 1 unspecified atom stereocenters. The van der Waals surface area contributed by atoms with Crippen LogP contribution in [0.1, 0.15) is 6.42 Å². The molecular weight excluding hydrogens is 338 g/mol. The van der Waals surface area contributed by atoms with Gasteiger partial charge < -0.3 is 15.6 Å². The van der Waals surface area contributed by atoms with E-state index in [2.05, 4.69) is 15.6 Å². The molecule has 1 aromatic carbocycles. The number of anilines is 2. The third-order valence-corrected chi connectivity index (χ3v) is 4.74. The number of nitrogens with one attached hydrogen (secondary N) is 3. The number of rotatable bonds is 3. The van der Waals surface area contributed by atoms with Crippen molar-refractivity contribution in [3.8, 4) is 0 Å². The number of carbonyl (C=O) groups is 2. The van der Waals surface area contributed by atoms with Crippen LogP contribution in [0.4, 0.5) is 11.4 Å². The number of carbonyl (C=O) groups excluding carboxylic acids is 2. The molecule has 0 radical (unpaired) electrons. The molecule has 1 aromatic heterocycles. The standard InChI is InChI=1S/C15H12ClN3O3S/c16-8-1-2-12-9(5-8)19-15(22)13(23-12)6-14(21)18-10-7-17-4-3-11(10)20/h1-5,7,13H,6H2,(H,17,20)(H,18,21)(H,19,22). The lowest BCUT2D eigenvalue weighted by molar-refractivity contribution is -0.120. The van der Waals surface area contributed by atoms with Crippen LogP contribution in [0.15, 0.2) is 46.3 Å². The lowest BCUT2D eigenvalue weighted by Crippen LogP contribution is -2.33. The molecule has 3 rings (SSSR count). The summed E-state index contributed by atoms with van der Waals surface area (Å²) in [5, 5.41) is 5.22. The largest absolute Gasteiger partial charge is 0.366 e. The van der Waals surface area contributed by atoms with Crippen LogP contribution in [0.2, 0.25) is 5.02 Å². The minimum Gasteiger partial charge on any atom is -0.366 e.